The summed E-state index contributed by atoms with van der Waals surface area (Å²) in [4.78, 5) is 0. The molecule has 45 heteroatoms. The zero-order chi connectivity index (χ0) is 87.6. The molecule has 30 N–H and O–H groups in total. The van der Waals surface area contributed by atoms with Gasteiger partial charge in [0.05, 0.1) is 57.5 Å². The van der Waals surface area contributed by atoms with Gasteiger partial charge in [-0.05, 0) is 99.2 Å². The maximum atomic E-state index is 10.6. The molecule has 8 fully saturated rings. The minimum absolute atomic E-state index is 0.284. The van der Waals surface area contributed by atoms with Crippen LogP contribution in [0.1, 0.15) is 60.3 Å². The van der Waals surface area contributed by atoms with Gasteiger partial charge in [-0.25, -0.2) is 0 Å². The van der Waals surface area contributed by atoms with E-state index in [1.807, 2.05) is 6.92 Å². The number of nitrogens with one attached hydrogen (secondary N) is 6. The van der Waals surface area contributed by atoms with Gasteiger partial charge in [-0.3, -0.25) is 0 Å². The Morgan fingerprint density at radius 1 is 0.263 bits per heavy atom. The third kappa shape index (κ3) is 30.2. The highest BCUT2D eigenvalue weighted by Gasteiger charge is 2.56. The summed E-state index contributed by atoms with van der Waals surface area (Å²) in [6.45, 7) is 15.5. The van der Waals surface area contributed by atoms with Gasteiger partial charge in [0.2, 0.25) is 0 Å². The van der Waals surface area contributed by atoms with E-state index in [9.17, 15) is 102 Å². The van der Waals surface area contributed by atoms with Gasteiger partial charge in [0.1, 0.15) is 195 Å². The van der Waals surface area contributed by atoms with Gasteiger partial charge >= 0.3 is 0 Å². The van der Waals surface area contributed by atoms with Crippen molar-refractivity contribution in [3.8, 4) is 0 Å². The second-order valence-corrected chi connectivity index (χ2v) is 30.4. The smallest absolute Gasteiger partial charge is 0.187 e. The largest absolute Gasteiger partial charge is 0.394 e. The molecule has 8 heterocycles. The van der Waals surface area contributed by atoms with E-state index in [1.54, 1.807) is 34.8 Å². The Morgan fingerprint density at radius 3 is 0.737 bits per heavy atom. The number of rotatable bonds is 42. The molecule has 8 aliphatic heterocycles. The zero-order valence-corrected chi connectivity index (χ0v) is 69.4. The summed E-state index contributed by atoms with van der Waals surface area (Å²) in [5, 5.41) is 223. The van der Waals surface area contributed by atoms with Gasteiger partial charge in [0.15, 0.2) is 25.2 Å². The van der Waals surface area contributed by atoms with Gasteiger partial charge < -0.3 is 226 Å². The summed E-state index contributed by atoms with van der Waals surface area (Å²) in [5.74, 6) is 0. The molecule has 0 bridgehead atoms. The Bertz CT molecular complexity index is 2510. The van der Waals surface area contributed by atoms with E-state index in [2.05, 4.69) is 31.9 Å². The standard InChI is InChI=1S/C23H48N4O9.C17H33NO10.C17H33NO9.C16H32N2O9/c1-14-17(29)18(30)22(16(13-28)34-14)36-23-20(32)19(31)21(33-2)15(35-23)12-27-11-5-10-26-9-4-8-25-7-3-6-24;1-8-11(20)12(21)16(10(7-19)26-8)28-17-14(23)13(22)15(25-3)9(27-17)6-18-4-5-24-2;1-4-5-18-6-9-15(24-3)13(22)14(23)17(26-9)27-16-10(7-19)25-8(2)11(20)12(16)21;1-7-10(20)11(21)15(9(6-19)25-7)27-16-13(23)12(22)14(24-2)8(26-16)5-18-4-3-17/h14-23,25-32H,3-13,24H2,1-2H3;8-23H,4-7H2,1-3H3;8-23H,4-7H2,1-3H3;7-16,18-23H,3-6,17H2,1-2H3/t14-,15-,16-,17+,18-,19-,20-,21-,22?,23-;2*8-,9-,10-,11+,12-,13-,14-,15-,16?,17-;7-,8-,9-,10+,11-,12-,13-,14-,15?,16-/m1111/s1. The Morgan fingerprint density at radius 2 is 0.500 bits per heavy atom. The van der Waals surface area contributed by atoms with Gasteiger partial charge in [-0.1, -0.05) is 6.92 Å². The average Bonchev–Trinajstić information content (AvgIpc) is 0.797. The topological polar surface area (TPSA) is 686 Å². The Hall–Kier alpha value is -1.80. The van der Waals surface area contributed by atoms with Crippen LogP contribution < -0.4 is 43.4 Å². The van der Waals surface area contributed by atoms with Crippen LogP contribution in [0, 0.1) is 0 Å². The second kappa shape index (κ2) is 55.7. The first-order valence-corrected chi connectivity index (χ1v) is 40.8. The zero-order valence-electron chi connectivity index (χ0n) is 69.4. The number of hydrogen-bond acceptors (Lipinski definition) is 45. The van der Waals surface area contributed by atoms with Gasteiger partial charge in [-0.2, -0.15) is 0 Å². The van der Waals surface area contributed by atoms with E-state index in [1.165, 1.54) is 28.4 Å². The lowest BCUT2D eigenvalue weighted by Gasteiger charge is -2.46. The highest BCUT2D eigenvalue weighted by Crippen LogP contribution is 2.35. The first-order chi connectivity index (χ1) is 56.4. The molecule has 8 aliphatic rings. The predicted octanol–water partition coefficient (Wildman–Crippen LogP) is -14.0. The van der Waals surface area contributed by atoms with E-state index < -0.39 is 271 Å². The van der Waals surface area contributed by atoms with Crippen LogP contribution in [0.5, 0.6) is 0 Å². The monoisotopic (exact) mass is 1730 g/mol. The number of nitrogens with two attached hydrogens (primary N) is 2. The molecule has 0 radical (unpaired) electrons. The Labute approximate surface area is 689 Å². The Kier molecular flexibility index (Phi) is 50.4. The molecular weight excluding hydrogens is 1580 g/mol. The predicted molar refractivity (Wildman–Crippen MR) is 410 cm³/mol. The SMILES string of the molecule is CCCNC[C@H]1O[C@H](OC2[C@@H](CO)O[C@H](C)[C@H](O)[C@H]2O)[C@H](O)[C@@H](O)[C@@H]1OC.COCCNC[C@H]1O[C@H](OC2[C@@H](CO)O[C@H](C)[C@H](O)[C@H]2O)[C@H](O)[C@@H](O)[C@@H]1OC.CO[C@H]1[C@H](O)[C@@H](O)[C@@H](OC2[C@@H](CO)O[C@H](C)[C@H](O)[C@H]2O)O[C@@H]1CNCCCNCCCNCCCN.CO[C@H]1[C@H](O)[C@@H](O)[C@@H](OC2[C@@H](CO)O[C@H](C)[C@H](O)[C@H]2O)O[C@@H]1CNCCN. The van der Waals surface area contributed by atoms with Gasteiger partial charge in [0.25, 0.3) is 0 Å². The van der Waals surface area contributed by atoms with Crippen molar-refractivity contribution < 1.29 is 183 Å². The van der Waals surface area contributed by atoms with Crippen LogP contribution in [0.3, 0.4) is 0 Å². The maximum absolute atomic E-state index is 10.6. The van der Waals surface area contributed by atoms with Gasteiger partial charge in [-0.15, -0.1) is 0 Å². The van der Waals surface area contributed by atoms with Crippen LogP contribution in [0.4, 0.5) is 0 Å². The molecule has 118 heavy (non-hydrogen) atoms. The molecule has 0 aromatic carbocycles. The van der Waals surface area contributed by atoms with Crippen LogP contribution in [-0.2, 0) is 80.5 Å². The highest BCUT2D eigenvalue weighted by atomic mass is 16.8. The van der Waals surface area contributed by atoms with E-state index in [-0.39, 0.29) is 13.1 Å². The minimum atomic E-state index is -1.47. The maximum Gasteiger partial charge on any atom is 0.187 e. The third-order valence-corrected chi connectivity index (χ3v) is 21.8. The lowest BCUT2D eigenvalue weighted by atomic mass is 9.95. The van der Waals surface area contributed by atoms with Crippen LogP contribution in [0.2, 0.25) is 0 Å². The summed E-state index contributed by atoms with van der Waals surface area (Å²) < 4.78 is 93.9. The highest BCUT2D eigenvalue weighted by molar-refractivity contribution is 5.01. The van der Waals surface area contributed by atoms with E-state index in [0.29, 0.717) is 52.4 Å². The molecular formula is C73H146N8O37. The van der Waals surface area contributed by atoms with Crippen LogP contribution >= 0.6 is 0 Å². The van der Waals surface area contributed by atoms with Crippen LogP contribution in [0.15, 0.2) is 0 Å². The molecule has 0 amide bonds. The summed E-state index contributed by atoms with van der Waals surface area (Å²) in [7, 11) is 7.19. The summed E-state index contributed by atoms with van der Waals surface area (Å²) in [5.41, 5.74) is 10.9. The Balaban J connectivity index is 0.000000282. The van der Waals surface area contributed by atoms with E-state index >= 15 is 0 Å². The fraction of sp³-hybridized carbons (Fsp3) is 1.00. The summed E-state index contributed by atoms with van der Waals surface area (Å²) in [6, 6.07) is 0. The first-order valence-electron chi connectivity index (χ1n) is 40.8. The van der Waals surface area contributed by atoms with Crippen molar-refractivity contribution in [3.63, 3.8) is 0 Å². The number of aliphatic hydroxyl groups is 20. The average molecular weight is 1730 g/mol. The molecule has 0 aromatic rings. The fourth-order valence-corrected chi connectivity index (χ4v) is 14.9. The summed E-state index contributed by atoms with van der Waals surface area (Å²) in [6.07, 6.45) is -39.8. The third-order valence-electron chi connectivity index (χ3n) is 21.8. The normalized spacial score (nSPS) is 42.9. The molecule has 0 saturated carbocycles. The number of hydrogen-bond donors (Lipinski definition) is 28. The van der Waals surface area contributed by atoms with Crippen LogP contribution in [0.25, 0.3) is 0 Å². The van der Waals surface area contributed by atoms with E-state index in [0.717, 1.165) is 58.4 Å². The van der Waals surface area contributed by atoms with Crippen molar-refractivity contribution in [3.05, 3.63) is 0 Å². The van der Waals surface area contributed by atoms with Crippen molar-refractivity contribution in [1.82, 2.24) is 31.9 Å². The first kappa shape index (κ1) is 107. The molecule has 0 spiro atoms. The van der Waals surface area contributed by atoms with E-state index in [4.69, 9.17) is 92.0 Å². The quantitative estimate of drug-likeness (QED) is 0.0252. The molecule has 0 aliphatic carbocycles. The molecule has 700 valence electrons. The molecule has 40 atom stereocenters. The molecule has 8 saturated heterocycles. The number of ether oxygens (including phenoxy) is 17. The van der Waals surface area contributed by atoms with Crippen molar-refractivity contribution in [2.75, 3.05) is 160 Å². The van der Waals surface area contributed by atoms with Crippen LogP contribution in [-0.4, -0.2) is 507 Å². The molecule has 45 nitrogen and oxygen atoms in total. The number of aliphatic hydroxyl groups excluding tert-OH is 20. The van der Waals surface area contributed by atoms with Crippen molar-refractivity contribution >= 4 is 0 Å². The van der Waals surface area contributed by atoms with Crippen molar-refractivity contribution in [1.29, 1.82) is 0 Å². The minimum Gasteiger partial charge on any atom is -0.394 e. The molecule has 0 aromatic heterocycles. The van der Waals surface area contributed by atoms with Crippen molar-refractivity contribution in [2.45, 2.75) is 305 Å². The lowest BCUT2D eigenvalue weighted by Crippen LogP contribution is -2.65. The van der Waals surface area contributed by atoms with Gasteiger partial charge in [0, 0.05) is 81.4 Å². The lowest BCUT2D eigenvalue weighted by molar-refractivity contribution is -0.339. The van der Waals surface area contributed by atoms with Crippen molar-refractivity contribution in [2.24, 2.45) is 11.5 Å². The number of methoxy groups -OCH3 is 5. The fourth-order valence-electron chi connectivity index (χ4n) is 14.9. The second-order valence-electron chi connectivity index (χ2n) is 30.4. The summed E-state index contributed by atoms with van der Waals surface area (Å²) >= 11 is 0. The molecule has 4 unspecified atom stereocenters. The molecule has 8 rings (SSSR count).